The molecule has 0 atom stereocenters. The lowest BCUT2D eigenvalue weighted by atomic mass is 10.2. The average molecular weight is 368 g/mol. The summed E-state index contributed by atoms with van der Waals surface area (Å²) in [5.41, 5.74) is 2.12. The topological polar surface area (TPSA) is 114 Å². The molecule has 0 amide bonds. The van der Waals surface area contributed by atoms with Crippen molar-refractivity contribution in [2.24, 2.45) is 0 Å². The van der Waals surface area contributed by atoms with Crippen LogP contribution in [0, 0.1) is 17.0 Å². The molecule has 0 aliphatic carbocycles. The third kappa shape index (κ3) is 2.98. The Hall–Kier alpha value is -2.68. The molecule has 0 bridgehead atoms. The molecule has 0 aliphatic heterocycles. The van der Waals surface area contributed by atoms with Gasteiger partial charge in [0.25, 0.3) is 11.2 Å². The van der Waals surface area contributed by atoms with Crippen molar-refractivity contribution in [1.82, 2.24) is 4.68 Å². The van der Waals surface area contributed by atoms with E-state index in [1.807, 2.05) is 0 Å². The number of hydrogen-bond acceptors (Lipinski definition) is 5. The smallest absolute Gasteiger partial charge is 0.354 e. The van der Waals surface area contributed by atoms with Crippen LogP contribution < -0.4 is 11.0 Å². The van der Waals surface area contributed by atoms with Gasteiger partial charge in [-0.1, -0.05) is 6.07 Å². The van der Waals surface area contributed by atoms with Gasteiger partial charge < -0.3 is 5.11 Å². The molecule has 114 valence electrons. The minimum Gasteiger partial charge on any atom is -0.477 e. The maximum Gasteiger partial charge on any atom is 0.354 e. The summed E-state index contributed by atoms with van der Waals surface area (Å²) in [5, 5.41) is 20.0. The van der Waals surface area contributed by atoms with Crippen molar-refractivity contribution < 1.29 is 14.8 Å². The molecule has 9 heteroatoms. The Morgan fingerprint density at radius 1 is 1.41 bits per heavy atom. The van der Waals surface area contributed by atoms with E-state index in [4.69, 9.17) is 0 Å². The number of nitro groups is 1. The van der Waals surface area contributed by atoms with E-state index in [0.717, 1.165) is 4.68 Å². The van der Waals surface area contributed by atoms with Crippen molar-refractivity contribution in [2.75, 3.05) is 5.43 Å². The zero-order chi connectivity index (χ0) is 16.4. The number of non-ortho nitro benzene ring substituents is 1. The van der Waals surface area contributed by atoms with Gasteiger partial charge >= 0.3 is 5.97 Å². The van der Waals surface area contributed by atoms with Crippen LogP contribution in [0.2, 0.25) is 0 Å². The Balaban J connectivity index is 2.58. The van der Waals surface area contributed by atoms with Crippen LogP contribution in [0.1, 0.15) is 16.1 Å². The fraction of sp³-hybridized carbons (Fsp3) is 0.0769. The molecule has 0 fully saturated rings. The van der Waals surface area contributed by atoms with Gasteiger partial charge in [-0.2, -0.15) is 0 Å². The van der Waals surface area contributed by atoms with E-state index >= 15 is 0 Å². The van der Waals surface area contributed by atoms with Crippen LogP contribution in [-0.2, 0) is 0 Å². The molecular formula is C13H10BrN3O5. The first-order chi connectivity index (χ1) is 10.3. The second-order valence-electron chi connectivity index (χ2n) is 4.39. The highest BCUT2D eigenvalue weighted by atomic mass is 79.9. The highest BCUT2D eigenvalue weighted by Crippen LogP contribution is 2.18. The molecule has 1 aromatic heterocycles. The number of anilines is 1. The zero-order valence-corrected chi connectivity index (χ0v) is 12.8. The van der Waals surface area contributed by atoms with Crippen molar-refractivity contribution in [3.05, 3.63) is 66.5 Å². The molecule has 1 aromatic carbocycles. The number of nitrogens with one attached hydrogen (secondary N) is 1. The van der Waals surface area contributed by atoms with Crippen LogP contribution >= 0.6 is 15.9 Å². The summed E-state index contributed by atoms with van der Waals surface area (Å²) in [4.78, 5) is 33.7. The predicted molar refractivity (Wildman–Crippen MR) is 82.2 cm³/mol. The predicted octanol–water partition coefficient (Wildman–Crippen LogP) is 2.40. The lowest BCUT2D eigenvalue weighted by Crippen LogP contribution is -2.32. The molecule has 0 radical (unpaired) electrons. The second-order valence-corrected chi connectivity index (χ2v) is 5.24. The number of aromatic nitrogens is 1. The van der Waals surface area contributed by atoms with E-state index in [1.54, 1.807) is 6.92 Å². The zero-order valence-electron chi connectivity index (χ0n) is 11.2. The molecule has 22 heavy (non-hydrogen) atoms. The molecule has 0 unspecified atom stereocenters. The van der Waals surface area contributed by atoms with Crippen LogP contribution in [0.25, 0.3) is 0 Å². The van der Waals surface area contributed by atoms with Gasteiger partial charge in [0.05, 0.1) is 15.1 Å². The summed E-state index contributed by atoms with van der Waals surface area (Å²) in [6.07, 6.45) is 0. The van der Waals surface area contributed by atoms with Gasteiger partial charge in [0, 0.05) is 12.1 Å². The molecule has 8 nitrogen and oxygen atoms in total. The molecule has 2 aromatic rings. The highest BCUT2D eigenvalue weighted by molar-refractivity contribution is 9.10. The molecule has 2 rings (SSSR count). The van der Waals surface area contributed by atoms with Gasteiger partial charge in [-0.25, -0.2) is 9.47 Å². The largest absolute Gasteiger partial charge is 0.477 e. The number of carbonyl (C=O) groups is 1. The summed E-state index contributed by atoms with van der Waals surface area (Å²) < 4.78 is 1.01. The molecule has 0 saturated heterocycles. The van der Waals surface area contributed by atoms with E-state index in [-0.39, 0.29) is 21.5 Å². The Kier molecular flexibility index (Phi) is 4.27. The maximum atomic E-state index is 12.1. The van der Waals surface area contributed by atoms with Crippen LogP contribution in [0.15, 0.2) is 39.6 Å². The number of pyridine rings is 1. The number of hydrogen-bond donors (Lipinski definition) is 2. The number of halogens is 1. The minimum absolute atomic E-state index is 0.174. The number of benzene rings is 1. The van der Waals surface area contributed by atoms with Crippen molar-refractivity contribution in [3.8, 4) is 0 Å². The lowest BCUT2D eigenvalue weighted by molar-refractivity contribution is -0.384. The van der Waals surface area contributed by atoms with E-state index in [1.165, 1.54) is 30.3 Å². The van der Waals surface area contributed by atoms with Crippen LogP contribution in [0.3, 0.4) is 0 Å². The van der Waals surface area contributed by atoms with Gasteiger partial charge in [0.1, 0.15) is 0 Å². The first-order valence-corrected chi connectivity index (χ1v) is 6.77. The number of rotatable bonds is 4. The van der Waals surface area contributed by atoms with Crippen molar-refractivity contribution in [1.29, 1.82) is 0 Å². The summed E-state index contributed by atoms with van der Waals surface area (Å²) in [6.45, 7) is 1.54. The summed E-state index contributed by atoms with van der Waals surface area (Å²) in [7, 11) is 0. The summed E-state index contributed by atoms with van der Waals surface area (Å²) in [6, 6.07) is 6.81. The van der Waals surface area contributed by atoms with Crippen molar-refractivity contribution >= 4 is 33.3 Å². The van der Waals surface area contributed by atoms with E-state index in [2.05, 4.69) is 21.4 Å². The Morgan fingerprint density at radius 3 is 2.68 bits per heavy atom. The molecule has 1 heterocycles. The normalized spacial score (nSPS) is 10.3. The number of aryl methyl sites for hydroxylation is 1. The number of nitrogens with zero attached hydrogens (tertiary/aromatic N) is 2. The third-order valence-corrected chi connectivity index (χ3v) is 3.42. The van der Waals surface area contributed by atoms with Gasteiger partial charge in [0.2, 0.25) is 0 Å². The second kappa shape index (κ2) is 5.98. The monoisotopic (exact) mass is 367 g/mol. The Morgan fingerprint density at radius 2 is 2.09 bits per heavy atom. The number of nitro benzene ring substituents is 1. The van der Waals surface area contributed by atoms with Crippen molar-refractivity contribution in [2.45, 2.75) is 6.92 Å². The average Bonchev–Trinajstić information content (AvgIpc) is 2.44. The minimum atomic E-state index is -1.29. The molecule has 0 saturated carbocycles. The van der Waals surface area contributed by atoms with Crippen molar-refractivity contribution in [3.63, 3.8) is 0 Å². The number of carboxylic acid groups (broad SMARTS) is 1. The number of carboxylic acids is 1. The Bertz CT molecular complexity index is 831. The quantitative estimate of drug-likeness (QED) is 0.633. The van der Waals surface area contributed by atoms with E-state index < -0.39 is 16.5 Å². The van der Waals surface area contributed by atoms with Crippen LogP contribution in [0.5, 0.6) is 0 Å². The van der Waals surface area contributed by atoms with E-state index in [0.29, 0.717) is 5.56 Å². The first-order valence-electron chi connectivity index (χ1n) is 5.98. The fourth-order valence-corrected chi connectivity index (χ4v) is 2.41. The van der Waals surface area contributed by atoms with Gasteiger partial charge in [-0.3, -0.25) is 20.3 Å². The van der Waals surface area contributed by atoms with Gasteiger partial charge in [-0.15, -0.1) is 0 Å². The van der Waals surface area contributed by atoms with Gasteiger partial charge in [-0.05, 0) is 40.5 Å². The summed E-state index contributed by atoms with van der Waals surface area (Å²) >= 11 is 3.06. The highest BCUT2D eigenvalue weighted by Gasteiger charge is 2.18. The molecule has 2 N–H and O–H groups in total. The molecule has 0 spiro atoms. The fourth-order valence-electron chi connectivity index (χ4n) is 1.89. The van der Waals surface area contributed by atoms with Crippen LogP contribution in [-0.4, -0.2) is 20.7 Å². The number of aromatic carboxylic acids is 1. The third-order valence-electron chi connectivity index (χ3n) is 2.85. The molecule has 0 aliphatic rings. The maximum absolute atomic E-state index is 12.1. The standard InChI is InChI=1S/C13H10BrN3O5/c1-7-5-10(14)12(18)16(11(7)13(19)20)15-8-3-2-4-9(6-8)17(21)22/h2-6,15H,1H3,(H,19,20). The lowest BCUT2D eigenvalue weighted by Gasteiger charge is -2.15. The van der Waals surface area contributed by atoms with Gasteiger partial charge in [0.15, 0.2) is 5.69 Å². The molecular weight excluding hydrogens is 358 g/mol. The van der Waals surface area contributed by atoms with Crippen LogP contribution in [0.4, 0.5) is 11.4 Å². The SMILES string of the molecule is Cc1cc(Br)c(=O)n(Nc2cccc([N+](=O)[O-])c2)c1C(=O)O. The van der Waals surface area contributed by atoms with E-state index in [9.17, 15) is 24.8 Å². The Labute approximate surface area is 132 Å². The first kappa shape index (κ1) is 15.7. The summed E-state index contributed by atoms with van der Waals surface area (Å²) in [5.74, 6) is -1.29.